The minimum absolute atomic E-state index is 0.0588. The zero-order valence-electron chi connectivity index (χ0n) is 9.77. The topological polar surface area (TPSA) is 46.5 Å². The van der Waals surface area contributed by atoms with Crippen molar-refractivity contribution in [1.29, 1.82) is 0 Å². The average molecular weight is 258 g/mol. The summed E-state index contributed by atoms with van der Waals surface area (Å²) in [5.41, 5.74) is 0.719. The van der Waals surface area contributed by atoms with Crippen LogP contribution in [0.1, 0.15) is 22.8 Å². The Morgan fingerprint density at radius 2 is 2.29 bits per heavy atom. The van der Waals surface area contributed by atoms with E-state index < -0.39 is 11.8 Å². The summed E-state index contributed by atoms with van der Waals surface area (Å²) in [6.07, 6.45) is 0. The monoisotopic (exact) mass is 258 g/mol. The highest BCUT2D eigenvalue weighted by molar-refractivity contribution is 7.99. The first kappa shape index (κ1) is 14.0. The molecule has 3 nitrogen and oxygen atoms in total. The van der Waals surface area contributed by atoms with E-state index >= 15 is 0 Å². The van der Waals surface area contributed by atoms with Crippen molar-refractivity contribution in [2.75, 3.05) is 13.7 Å². The largest absolute Gasteiger partial charge is 0.465 e. The average Bonchev–Trinajstić information content (AvgIpc) is 2.35. The van der Waals surface area contributed by atoms with Crippen molar-refractivity contribution in [3.05, 3.63) is 35.1 Å². The van der Waals surface area contributed by atoms with Gasteiger partial charge in [-0.3, -0.25) is 0 Å². The summed E-state index contributed by atoms with van der Waals surface area (Å²) >= 11 is 1.53. The quantitative estimate of drug-likeness (QED) is 0.823. The first-order valence-corrected chi connectivity index (χ1v) is 6.22. The van der Waals surface area contributed by atoms with Gasteiger partial charge in [-0.25, -0.2) is 9.18 Å². The molecule has 0 bridgehead atoms. The number of hydrogen-bond acceptors (Lipinski definition) is 4. The molecule has 94 valence electrons. The number of aliphatic hydroxyl groups excluding tert-OH is 1. The van der Waals surface area contributed by atoms with Crippen molar-refractivity contribution in [1.82, 2.24) is 0 Å². The number of carbonyl (C=O) groups is 1. The number of carbonyl (C=O) groups excluding carboxylic acids is 1. The predicted octanol–water partition coefficient (Wildman–Crippen LogP) is 2.23. The number of rotatable bonds is 5. The van der Waals surface area contributed by atoms with Gasteiger partial charge in [-0.05, 0) is 17.7 Å². The molecule has 17 heavy (non-hydrogen) atoms. The molecular weight excluding hydrogens is 243 g/mol. The van der Waals surface area contributed by atoms with Crippen LogP contribution in [0.4, 0.5) is 4.39 Å². The van der Waals surface area contributed by atoms with Crippen LogP contribution < -0.4 is 0 Å². The molecule has 1 unspecified atom stereocenters. The number of thioether (sulfide) groups is 1. The second kappa shape index (κ2) is 6.61. The summed E-state index contributed by atoms with van der Waals surface area (Å²) in [5.74, 6) is -0.655. The van der Waals surface area contributed by atoms with Gasteiger partial charge in [0.15, 0.2) is 0 Å². The highest BCUT2D eigenvalue weighted by Gasteiger charge is 2.12. The van der Waals surface area contributed by atoms with E-state index in [2.05, 4.69) is 4.74 Å². The molecule has 0 aliphatic carbocycles. The number of halogens is 1. The van der Waals surface area contributed by atoms with Gasteiger partial charge in [-0.1, -0.05) is 13.0 Å². The summed E-state index contributed by atoms with van der Waals surface area (Å²) in [6, 6.07) is 4.43. The van der Waals surface area contributed by atoms with Crippen LogP contribution >= 0.6 is 11.8 Å². The predicted molar refractivity (Wildman–Crippen MR) is 65.6 cm³/mol. The Morgan fingerprint density at radius 1 is 1.59 bits per heavy atom. The standard InChI is InChI=1S/C12H15FO3S/c1-8(6-14)17-7-9-3-4-10(11(13)5-9)12(15)16-2/h3-5,8,14H,6-7H2,1-2H3. The summed E-state index contributed by atoms with van der Waals surface area (Å²) in [5, 5.41) is 8.97. The molecule has 5 heteroatoms. The van der Waals surface area contributed by atoms with Gasteiger partial charge in [0.05, 0.1) is 19.3 Å². The summed E-state index contributed by atoms with van der Waals surface area (Å²) in [7, 11) is 1.22. The number of aliphatic hydroxyl groups is 1. The minimum atomic E-state index is -0.676. The molecule has 0 radical (unpaired) electrons. The molecule has 0 saturated carbocycles. The van der Waals surface area contributed by atoms with Gasteiger partial charge >= 0.3 is 5.97 Å². The van der Waals surface area contributed by atoms with E-state index in [1.165, 1.54) is 31.0 Å². The van der Waals surface area contributed by atoms with E-state index in [0.717, 1.165) is 5.56 Å². The van der Waals surface area contributed by atoms with Crippen molar-refractivity contribution in [2.24, 2.45) is 0 Å². The summed E-state index contributed by atoms with van der Waals surface area (Å²) in [4.78, 5) is 11.2. The molecule has 1 aromatic rings. The highest BCUT2D eigenvalue weighted by atomic mass is 32.2. The molecule has 0 heterocycles. The number of methoxy groups -OCH3 is 1. The SMILES string of the molecule is COC(=O)c1ccc(CSC(C)CO)cc1F. The lowest BCUT2D eigenvalue weighted by Crippen LogP contribution is -2.05. The fourth-order valence-electron chi connectivity index (χ4n) is 1.22. The van der Waals surface area contributed by atoms with E-state index in [9.17, 15) is 9.18 Å². The van der Waals surface area contributed by atoms with Crippen LogP contribution in [0.3, 0.4) is 0 Å². The second-order valence-electron chi connectivity index (χ2n) is 3.61. The van der Waals surface area contributed by atoms with Crippen molar-refractivity contribution in [2.45, 2.75) is 17.9 Å². The fraction of sp³-hybridized carbons (Fsp3) is 0.417. The van der Waals surface area contributed by atoms with Gasteiger partial charge in [0.2, 0.25) is 0 Å². The van der Waals surface area contributed by atoms with Crippen LogP contribution in [-0.4, -0.2) is 30.0 Å². The summed E-state index contributed by atoms with van der Waals surface area (Å²) < 4.78 is 18.0. The molecule has 1 N–H and O–H groups in total. The van der Waals surface area contributed by atoms with Gasteiger partial charge in [0.1, 0.15) is 5.82 Å². The maximum atomic E-state index is 13.5. The van der Waals surface area contributed by atoms with Gasteiger partial charge in [0, 0.05) is 11.0 Å². The Balaban J connectivity index is 2.72. The third kappa shape index (κ3) is 4.02. The van der Waals surface area contributed by atoms with Crippen LogP contribution in [0, 0.1) is 5.82 Å². The van der Waals surface area contributed by atoms with Crippen LogP contribution in [0.2, 0.25) is 0 Å². The molecule has 0 spiro atoms. The summed E-state index contributed by atoms with van der Waals surface area (Å²) in [6.45, 7) is 1.98. The van der Waals surface area contributed by atoms with Gasteiger partial charge in [0.25, 0.3) is 0 Å². The Hall–Kier alpha value is -1.07. The smallest absolute Gasteiger partial charge is 0.340 e. The van der Waals surface area contributed by atoms with Crippen molar-refractivity contribution < 1.29 is 19.0 Å². The van der Waals surface area contributed by atoms with Crippen LogP contribution in [0.5, 0.6) is 0 Å². The zero-order chi connectivity index (χ0) is 12.8. The van der Waals surface area contributed by atoms with Crippen molar-refractivity contribution in [3.63, 3.8) is 0 Å². The highest BCUT2D eigenvalue weighted by Crippen LogP contribution is 2.19. The molecule has 0 amide bonds. The van der Waals surface area contributed by atoms with E-state index in [1.54, 1.807) is 6.07 Å². The first-order valence-electron chi connectivity index (χ1n) is 5.17. The normalized spacial score (nSPS) is 12.2. The lowest BCUT2D eigenvalue weighted by atomic mass is 10.1. The molecule has 0 aromatic heterocycles. The minimum Gasteiger partial charge on any atom is -0.465 e. The van der Waals surface area contributed by atoms with Gasteiger partial charge in [-0.15, -0.1) is 0 Å². The molecular formula is C12H15FO3S. The Morgan fingerprint density at radius 3 is 2.82 bits per heavy atom. The third-order valence-electron chi connectivity index (χ3n) is 2.23. The van der Waals surface area contributed by atoms with E-state index in [-0.39, 0.29) is 17.4 Å². The molecule has 1 atom stereocenters. The Kier molecular flexibility index (Phi) is 5.44. The lowest BCUT2D eigenvalue weighted by Gasteiger charge is -2.08. The van der Waals surface area contributed by atoms with Crippen LogP contribution in [0.25, 0.3) is 0 Å². The number of hydrogen-bond donors (Lipinski definition) is 1. The Labute approximate surface area is 104 Å². The molecule has 1 aromatic carbocycles. The van der Waals surface area contributed by atoms with Crippen LogP contribution in [0.15, 0.2) is 18.2 Å². The fourth-order valence-corrected chi connectivity index (χ4v) is 1.98. The van der Waals surface area contributed by atoms with Crippen molar-refractivity contribution >= 4 is 17.7 Å². The molecule has 0 saturated heterocycles. The first-order chi connectivity index (χ1) is 8.08. The van der Waals surface area contributed by atoms with Gasteiger partial charge < -0.3 is 9.84 Å². The zero-order valence-corrected chi connectivity index (χ0v) is 10.6. The molecule has 0 aliphatic heterocycles. The van der Waals surface area contributed by atoms with E-state index in [1.807, 2.05) is 6.92 Å². The van der Waals surface area contributed by atoms with Crippen LogP contribution in [-0.2, 0) is 10.5 Å². The van der Waals surface area contributed by atoms with E-state index in [4.69, 9.17) is 5.11 Å². The maximum Gasteiger partial charge on any atom is 0.340 e. The number of esters is 1. The van der Waals surface area contributed by atoms with Gasteiger partial charge in [-0.2, -0.15) is 11.8 Å². The van der Waals surface area contributed by atoms with Crippen molar-refractivity contribution in [3.8, 4) is 0 Å². The molecule has 0 aliphatic rings. The molecule has 0 fully saturated rings. The molecule has 1 rings (SSSR count). The Bertz CT molecular complexity index is 395. The van der Waals surface area contributed by atoms with E-state index in [0.29, 0.717) is 5.75 Å². The third-order valence-corrected chi connectivity index (χ3v) is 3.45. The second-order valence-corrected chi connectivity index (χ2v) is 5.04. The number of benzene rings is 1. The maximum absolute atomic E-state index is 13.5. The number of ether oxygens (including phenoxy) is 1. The lowest BCUT2D eigenvalue weighted by molar-refractivity contribution is 0.0595.